The van der Waals surface area contributed by atoms with Crippen molar-refractivity contribution in [2.75, 3.05) is 19.8 Å². The van der Waals surface area contributed by atoms with Crippen molar-refractivity contribution in [1.29, 1.82) is 0 Å². The molecule has 102 valence electrons. The molecule has 18 heavy (non-hydrogen) atoms. The van der Waals surface area contributed by atoms with E-state index < -0.39 is 0 Å². The molecule has 0 amide bonds. The van der Waals surface area contributed by atoms with Crippen LogP contribution in [0.15, 0.2) is 22.7 Å². The normalized spacial score (nSPS) is 10.9. The van der Waals surface area contributed by atoms with Gasteiger partial charge >= 0.3 is 0 Å². The molecule has 0 aliphatic rings. The lowest BCUT2D eigenvalue weighted by atomic mass is 10.2. The van der Waals surface area contributed by atoms with Crippen LogP contribution in [0.2, 0.25) is 0 Å². The van der Waals surface area contributed by atoms with Crippen LogP contribution in [-0.2, 0) is 16.1 Å². The maximum atomic E-state index is 9.15. The summed E-state index contributed by atoms with van der Waals surface area (Å²) in [6.45, 7) is 5.28. The van der Waals surface area contributed by atoms with Gasteiger partial charge in [-0.3, -0.25) is 0 Å². The van der Waals surface area contributed by atoms with E-state index in [1.165, 1.54) is 0 Å². The first-order chi connectivity index (χ1) is 8.71. The van der Waals surface area contributed by atoms with Gasteiger partial charge in [-0.15, -0.1) is 0 Å². The van der Waals surface area contributed by atoms with Crippen LogP contribution >= 0.6 is 15.9 Å². The molecule has 1 aromatic carbocycles. The molecular weight excluding hydrogens is 300 g/mol. The summed E-state index contributed by atoms with van der Waals surface area (Å²) in [7, 11) is 0. The van der Waals surface area contributed by atoms with E-state index in [-0.39, 0.29) is 12.9 Å². The van der Waals surface area contributed by atoms with Crippen LogP contribution in [0.5, 0.6) is 5.75 Å². The van der Waals surface area contributed by atoms with Crippen LogP contribution < -0.4 is 4.74 Å². The van der Waals surface area contributed by atoms with Crippen LogP contribution in [-0.4, -0.2) is 31.2 Å². The smallest absolute Gasteiger partial charge is 0.191 e. The molecule has 0 heterocycles. The maximum Gasteiger partial charge on any atom is 0.191 e. The monoisotopic (exact) mass is 318 g/mol. The molecule has 0 bridgehead atoms. The van der Waals surface area contributed by atoms with Gasteiger partial charge in [0.25, 0.3) is 0 Å². The van der Waals surface area contributed by atoms with E-state index in [1.807, 2.05) is 26.0 Å². The number of hydrogen-bond acceptors (Lipinski definition) is 4. The molecule has 1 N–H and O–H groups in total. The minimum Gasteiger partial charge on any atom is -0.488 e. The minimum absolute atomic E-state index is 0.0296. The number of ether oxygens (including phenoxy) is 3. The Balaban J connectivity index is 2.55. The summed E-state index contributed by atoms with van der Waals surface area (Å²) in [4.78, 5) is 0. The average molecular weight is 319 g/mol. The van der Waals surface area contributed by atoms with Crippen molar-refractivity contribution in [1.82, 2.24) is 0 Å². The number of rotatable bonds is 8. The second-order valence-corrected chi connectivity index (χ2v) is 4.42. The van der Waals surface area contributed by atoms with E-state index in [0.29, 0.717) is 25.6 Å². The standard InChI is InChI=1S/C13H19BrO4/c1-3-16-13(17-4-2)9-18-11-5-6-12(14)10(7-11)8-15/h5-7,13,15H,3-4,8-9H2,1-2H3. The summed E-state index contributed by atoms with van der Waals surface area (Å²) in [6.07, 6.45) is -0.360. The van der Waals surface area contributed by atoms with Crippen molar-refractivity contribution in [2.45, 2.75) is 26.7 Å². The van der Waals surface area contributed by atoms with E-state index >= 15 is 0 Å². The van der Waals surface area contributed by atoms with Crippen molar-refractivity contribution in [2.24, 2.45) is 0 Å². The van der Waals surface area contributed by atoms with E-state index in [2.05, 4.69) is 15.9 Å². The summed E-state index contributed by atoms with van der Waals surface area (Å²) in [6, 6.07) is 5.47. The first-order valence-corrected chi connectivity index (χ1v) is 6.75. The lowest BCUT2D eigenvalue weighted by molar-refractivity contribution is -0.152. The fourth-order valence-corrected chi connectivity index (χ4v) is 1.81. The summed E-state index contributed by atoms with van der Waals surface area (Å²) < 4.78 is 17.2. The third kappa shape index (κ3) is 4.94. The molecule has 0 saturated carbocycles. The van der Waals surface area contributed by atoms with E-state index in [1.54, 1.807) is 6.07 Å². The Morgan fingerprint density at radius 1 is 1.22 bits per heavy atom. The molecule has 1 aromatic rings. The minimum atomic E-state index is -0.360. The van der Waals surface area contributed by atoms with E-state index in [0.717, 1.165) is 10.0 Å². The quantitative estimate of drug-likeness (QED) is 0.749. The predicted molar refractivity (Wildman–Crippen MR) is 72.6 cm³/mol. The Bertz CT molecular complexity index is 351. The lowest BCUT2D eigenvalue weighted by Crippen LogP contribution is -2.25. The van der Waals surface area contributed by atoms with Gasteiger partial charge in [0.2, 0.25) is 0 Å². The second kappa shape index (κ2) is 8.48. The molecule has 1 rings (SSSR count). The third-order valence-corrected chi connectivity index (χ3v) is 3.05. The topological polar surface area (TPSA) is 47.9 Å². The van der Waals surface area contributed by atoms with Gasteiger partial charge in [-0.05, 0) is 37.6 Å². The number of halogens is 1. The molecule has 0 fully saturated rings. The molecule has 0 radical (unpaired) electrons. The Morgan fingerprint density at radius 2 is 1.89 bits per heavy atom. The molecule has 0 saturated heterocycles. The Kier molecular flexibility index (Phi) is 7.27. The Morgan fingerprint density at radius 3 is 2.44 bits per heavy atom. The molecule has 0 aliphatic heterocycles. The lowest BCUT2D eigenvalue weighted by Gasteiger charge is -2.17. The number of aliphatic hydroxyl groups excluding tert-OH is 1. The van der Waals surface area contributed by atoms with Crippen molar-refractivity contribution in [3.8, 4) is 5.75 Å². The van der Waals surface area contributed by atoms with Crippen LogP contribution in [0.3, 0.4) is 0 Å². The van der Waals surface area contributed by atoms with Crippen LogP contribution in [0, 0.1) is 0 Å². The zero-order valence-corrected chi connectivity index (χ0v) is 12.3. The maximum absolute atomic E-state index is 9.15. The zero-order chi connectivity index (χ0) is 13.4. The molecule has 0 atom stereocenters. The van der Waals surface area contributed by atoms with Crippen LogP contribution in [0.25, 0.3) is 0 Å². The molecule has 0 spiro atoms. The molecule has 4 nitrogen and oxygen atoms in total. The van der Waals surface area contributed by atoms with Gasteiger partial charge < -0.3 is 19.3 Å². The first kappa shape index (κ1) is 15.4. The Labute approximate surface area is 116 Å². The van der Waals surface area contributed by atoms with Crippen molar-refractivity contribution >= 4 is 15.9 Å². The summed E-state index contributed by atoms with van der Waals surface area (Å²) >= 11 is 3.36. The fraction of sp³-hybridized carbons (Fsp3) is 0.538. The molecule has 0 unspecified atom stereocenters. The SMILES string of the molecule is CCOC(COc1ccc(Br)c(CO)c1)OCC. The molecule has 5 heteroatoms. The number of hydrogen-bond donors (Lipinski definition) is 1. The number of aliphatic hydroxyl groups is 1. The first-order valence-electron chi connectivity index (χ1n) is 5.96. The molecular formula is C13H19BrO4. The van der Waals surface area contributed by atoms with Crippen LogP contribution in [0.1, 0.15) is 19.4 Å². The highest BCUT2D eigenvalue weighted by Crippen LogP contribution is 2.22. The van der Waals surface area contributed by atoms with Gasteiger partial charge in [0.05, 0.1) is 6.61 Å². The van der Waals surface area contributed by atoms with Gasteiger partial charge in [0, 0.05) is 17.7 Å². The molecule has 0 aliphatic carbocycles. The fourth-order valence-electron chi connectivity index (χ4n) is 1.44. The average Bonchev–Trinajstić information content (AvgIpc) is 2.38. The van der Waals surface area contributed by atoms with E-state index in [9.17, 15) is 0 Å². The van der Waals surface area contributed by atoms with E-state index in [4.69, 9.17) is 19.3 Å². The third-order valence-electron chi connectivity index (χ3n) is 2.28. The van der Waals surface area contributed by atoms with Crippen LogP contribution in [0.4, 0.5) is 0 Å². The van der Waals surface area contributed by atoms with Gasteiger partial charge in [-0.1, -0.05) is 15.9 Å². The summed E-state index contributed by atoms with van der Waals surface area (Å²) in [5.74, 6) is 0.687. The predicted octanol–water partition coefficient (Wildman–Crippen LogP) is 2.72. The van der Waals surface area contributed by atoms with Gasteiger partial charge in [-0.25, -0.2) is 0 Å². The Hall–Kier alpha value is -0.620. The highest BCUT2D eigenvalue weighted by Gasteiger charge is 2.09. The highest BCUT2D eigenvalue weighted by atomic mass is 79.9. The van der Waals surface area contributed by atoms with Crippen molar-refractivity contribution in [3.63, 3.8) is 0 Å². The number of benzene rings is 1. The zero-order valence-electron chi connectivity index (χ0n) is 10.7. The summed E-state index contributed by atoms with van der Waals surface area (Å²) in [5, 5.41) is 9.15. The van der Waals surface area contributed by atoms with Crippen molar-refractivity contribution < 1.29 is 19.3 Å². The second-order valence-electron chi connectivity index (χ2n) is 3.56. The van der Waals surface area contributed by atoms with Gasteiger partial charge in [0.1, 0.15) is 12.4 Å². The van der Waals surface area contributed by atoms with Gasteiger partial charge in [0.15, 0.2) is 6.29 Å². The highest BCUT2D eigenvalue weighted by molar-refractivity contribution is 9.10. The summed E-state index contributed by atoms with van der Waals surface area (Å²) in [5.41, 5.74) is 0.789. The van der Waals surface area contributed by atoms with Crippen molar-refractivity contribution in [3.05, 3.63) is 28.2 Å². The molecule has 0 aromatic heterocycles. The largest absolute Gasteiger partial charge is 0.488 e. The van der Waals surface area contributed by atoms with Gasteiger partial charge in [-0.2, -0.15) is 0 Å².